The van der Waals surface area contributed by atoms with E-state index in [1.807, 2.05) is 44.2 Å². The summed E-state index contributed by atoms with van der Waals surface area (Å²) in [6, 6.07) is 13.6. The third-order valence-corrected chi connectivity index (χ3v) is 4.13. The SMILES string of the molecule is C=C/C(=C(/C=N)c1ccc(C#N)c2ccccc12)C(C)(C)OC. The van der Waals surface area contributed by atoms with Gasteiger partial charge in [0.25, 0.3) is 0 Å². The molecule has 0 radical (unpaired) electrons. The number of allylic oxidation sites excluding steroid dienone is 1. The van der Waals surface area contributed by atoms with E-state index in [4.69, 9.17) is 10.1 Å². The smallest absolute Gasteiger partial charge is 0.0998 e. The van der Waals surface area contributed by atoms with Crippen molar-refractivity contribution < 1.29 is 4.74 Å². The molecule has 2 aromatic carbocycles. The van der Waals surface area contributed by atoms with Gasteiger partial charge in [0.2, 0.25) is 0 Å². The van der Waals surface area contributed by atoms with Crippen LogP contribution in [0.2, 0.25) is 0 Å². The fourth-order valence-corrected chi connectivity index (χ4v) is 2.72. The van der Waals surface area contributed by atoms with Gasteiger partial charge in [-0.15, -0.1) is 0 Å². The lowest BCUT2D eigenvalue weighted by molar-refractivity contribution is 0.0588. The van der Waals surface area contributed by atoms with Crippen molar-refractivity contribution in [1.29, 1.82) is 10.7 Å². The molecule has 0 saturated heterocycles. The van der Waals surface area contributed by atoms with Gasteiger partial charge in [0.05, 0.1) is 17.2 Å². The highest BCUT2D eigenvalue weighted by Gasteiger charge is 2.24. The zero-order valence-corrected chi connectivity index (χ0v) is 13.7. The third kappa shape index (κ3) is 2.94. The number of methoxy groups -OCH3 is 1. The summed E-state index contributed by atoms with van der Waals surface area (Å²) in [7, 11) is 1.64. The Hall–Kier alpha value is -2.70. The first-order chi connectivity index (χ1) is 11.0. The van der Waals surface area contributed by atoms with E-state index in [0.717, 1.165) is 27.5 Å². The van der Waals surface area contributed by atoms with Crippen LogP contribution in [0.4, 0.5) is 0 Å². The summed E-state index contributed by atoms with van der Waals surface area (Å²) in [4.78, 5) is 0. The van der Waals surface area contributed by atoms with Crippen molar-refractivity contribution in [2.75, 3.05) is 7.11 Å². The molecule has 3 heteroatoms. The molecule has 0 aliphatic heterocycles. The number of nitrogens with one attached hydrogen (secondary N) is 1. The highest BCUT2D eigenvalue weighted by atomic mass is 16.5. The van der Waals surface area contributed by atoms with Crippen molar-refractivity contribution in [1.82, 2.24) is 0 Å². The van der Waals surface area contributed by atoms with Crippen LogP contribution >= 0.6 is 0 Å². The normalized spacial score (nSPS) is 12.4. The van der Waals surface area contributed by atoms with Crippen molar-refractivity contribution in [3.8, 4) is 6.07 Å². The van der Waals surface area contributed by atoms with Crippen LogP contribution in [0.5, 0.6) is 0 Å². The Labute approximate surface area is 137 Å². The van der Waals surface area contributed by atoms with Gasteiger partial charge in [-0.2, -0.15) is 5.26 Å². The van der Waals surface area contributed by atoms with E-state index in [9.17, 15) is 5.26 Å². The lowest BCUT2D eigenvalue weighted by Crippen LogP contribution is -2.25. The van der Waals surface area contributed by atoms with Gasteiger partial charge < -0.3 is 10.1 Å². The predicted octanol–water partition coefficient (Wildman–Crippen LogP) is 4.73. The van der Waals surface area contributed by atoms with Crippen LogP contribution in [0, 0.1) is 16.7 Å². The summed E-state index contributed by atoms with van der Waals surface area (Å²) < 4.78 is 5.57. The van der Waals surface area contributed by atoms with E-state index < -0.39 is 5.60 Å². The average Bonchev–Trinajstić information content (AvgIpc) is 2.58. The average molecular weight is 304 g/mol. The third-order valence-electron chi connectivity index (χ3n) is 4.13. The van der Waals surface area contributed by atoms with E-state index in [-0.39, 0.29) is 0 Å². The highest BCUT2D eigenvalue weighted by molar-refractivity contribution is 6.16. The first-order valence-corrected chi connectivity index (χ1v) is 7.35. The zero-order chi connectivity index (χ0) is 17.0. The molecule has 0 aliphatic rings. The summed E-state index contributed by atoms with van der Waals surface area (Å²) in [5.41, 5.74) is 2.54. The van der Waals surface area contributed by atoms with Crippen molar-refractivity contribution in [3.63, 3.8) is 0 Å². The first-order valence-electron chi connectivity index (χ1n) is 7.35. The van der Waals surface area contributed by atoms with Crippen LogP contribution < -0.4 is 0 Å². The molecular formula is C20H20N2O. The lowest BCUT2D eigenvalue weighted by Gasteiger charge is -2.27. The minimum Gasteiger partial charge on any atom is -0.374 e. The highest BCUT2D eigenvalue weighted by Crippen LogP contribution is 2.33. The summed E-state index contributed by atoms with van der Waals surface area (Å²) in [5, 5.41) is 19.0. The number of nitrogens with zero attached hydrogens (tertiary/aromatic N) is 1. The van der Waals surface area contributed by atoms with Crippen molar-refractivity contribution in [2.24, 2.45) is 0 Å². The molecule has 23 heavy (non-hydrogen) atoms. The Morgan fingerprint density at radius 3 is 2.39 bits per heavy atom. The van der Waals surface area contributed by atoms with E-state index in [1.54, 1.807) is 19.3 Å². The van der Waals surface area contributed by atoms with Gasteiger partial charge in [0.1, 0.15) is 0 Å². The molecule has 0 amide bonds. The van der Waals surface area contributed by atoms with Crippen molar-refractivity contribution >= 4 is 22.6 Å². The Morgan fingerprint density at radius 1 is 1.22 bits per heavy atom. The number of hydrogen-bond donors (Lipinski definition) is 1. The largest absolute Gasteiger partial charge is 0.374 e. The molecule has 0 atom stereocenters. The molecule has 0 aliphatic carbocycles. The topological polar surface area (TPSA) is 56.9 Å². The molecule has 0 bridgehead atoms. The second kappa shape index (κ2) is 6.60. The van der Waals surface area contributed by atoms with E-state index in [0.29, 0.717) is 5.56 Å². The molecule has 3 nitrogen and oxygen atoms in total. The number of ether oxygens (including phenoxy) is 1. The predicted molar refractivity (Wildman–Crippen MR) is 95.7 cm³/mol. The number of rotatable bonds is 5. The Morgan fingerprint density at radius 2 is 1.87 bits per heavy atom. The van der Waals surface area contributed by atoms with Gasteiger partial charge in [0, 0.05) is 24.3 Å². The summed E-state index contributed by atoms with van der Waals surface area (Å²) in [5.74, 6) is 0. The Kier molecular flexibility index (Phi) is 4.78. The quantitative estimate of drug-likeness (QED) is 0.641. The molecule has 0 fully saturated rings. The number of hydrogen-bond acceptors (Lipinski definition) is 3. The van der Waals surface area contributed by atoms with E-state index in [2.05, 4.69) is 12.6 Å². The van der Waals surface area contributed by atoms with Crippen LogP contribution in [-0.4, -0.2) is 18.9 Å². The minimum absolute atomic E-state index is 0.566. The fourth-order valence-electron chi connectivity index (χ4n) is 2.72. The summed E-state index contributed by atoms with van der Waals surface area (Å²) in [6.45, 7) is 7.78. The number of fused-ring (bicyclic) bond motifs is 1. The Bertz CT molecular complexity index is 838. The van der Waals surface area contributed by atoms with Gasteiger partial charge >= 0.3 is 0 Å². The number of nitriles is 1. The summed E-state index contributed by atoms with van der Waals surface area (Å²) in [6.07, 6.45) is 3.06. The summed E-state index contributed by atoms with van der Waals surface area (Å²) >= 11 is 0. The van der Waals surface area contributed by atoms with Crippen LogP contribution in [0.1, 0.15) is 25.0 Å². The van der Waals surface area contributed by atoms with Gasteiger partial charge in [0.15, 0.2) is 0 Å². The van der Waals surface area contributed by atoms with Gasteiger partial charge in [-0.05, 0) is 36.4 Å². The maximum atomic E-state index is 9.30. The van der Waals surface area contributed by atoms with Crippen LogP contribution in [0.15, 0.2) is 54.6 Å². The standard InChI is InChI=1S/C20H20N2O/c1-5-19(20(2,3)23-4)18(13-22)17-11-10-14(12-21)15-8-6-7-9-16(15)17/h5-11,13,22H,1H2,2-4H3/b19-18+,22-13?. The second-order valence-electron chi connectivity index (χ2n) is 5.71. The van der Waals surface area contributed by atoms with Crippen molar-refractivity contribution in [2.45, 2.75) is 19.4 Å². The molecule has 0 spiro atoms. The monoisotopic (exact) mass is 304 g/mol. The van der Waals surface area contributed by atoms with Gasteiger partial charge in [-0.25, -0.2) is 0 Å². The zero-order valence-electron chi connectivity index (χ0n) is 13.7. The molecule has 0 heterocycles. The Balaban J connectivity index is 2.88. The second-order valence-corrected chi connectivity index (χ2v) is 5.71. The molecule has 2 rings (SSSR count). The molecular weight excluding hydrogens is 284 g/mol. The minimum atomic E-state index is -0.566. The van der Waals surface area contributed by atoms with E-state index >= 15 is 0 Å². The van der Waals surface area contributed by atoms with Crippen molar-refractivity contribution in [3.05, 3.63) is 65.8 Å². The molecule has 0 unspecified atom stereocenters. The van der Waals surface area contributed by atoms with Crippen LogP contribution in [-0.2, 0) is 4.74 Å². The van der Waals surface area contributed by atoms with Crippen LogP contribution in [0.25, 0.3) is 16.3 Å². The fraction of sp³-hybridized carbons (Fsp3) is 0.200. The first kappa shape index (κ1) is 16.7. The lowest BCUT2D eigenvalue weighted by atomic mass is 9.87. The van der Waals surface area contributed by atoms with E-state index in [1.165, 1.54) is 6.21 Å². The molecule has 0 saturated carbocycles. The molecule has 2 aromatic rings. The van der Waals surface area contributed by atoms with Crippen LogP contribution in [0.3, 0.4) is 0 Å². The maximum absolute atomic E-state index is 9.30. The molecule has 116 valence electrons. The van der Waals surface area contributed by atoms with Gasteiger partial charge in [-0.3, -0.25) is 0 Å². The number of benzene rings is 2. The maximum Gasteiger partial charge on any atom is 0.0998 e. The van der Waals surface area contributed by atoms with Gasteiger partial charge in [-0.1, -0.05) is 43.0 Å². The molecule has 1 N–H and O–H groups in total. The molecule has 0 aromatic heterocycles.